The molecule has 0 spiro atoms. The third-order valence-corrected chi connectivity index (χ3v) is 20.3. The number of rotatable bonds is 39. The van der Waals surface area contributed by atoms with Crippen molar-refractivity contribution < 1.29 is 14.2 Å². The summed E-state index contributed by atoms with van der Waals surface area (Å²) in [7, 11) is 1.70. The molecule has 7 aromatic carbocycles. The standard InChI is InChI=1S/C81H102N2O3S/c1-6-10-14-18-22-29-49-80(50-30-23-19-15-11-7-2)74-57-63(61-33-27-26-28-34-61)37-43-70(74)72-45-39-65(59-76(72)80)68-47-48-69(79-78(68)82-87-83-79)66-40-46-73-71-44-38-64(62-35-41-67(42-36-62)86-56-55-85-54-53-84-5)58-75(71)81(77(73)60-66,51-31-24-20-16-12-8-3)52-32-25-21-17-13-9-4/h26-28,33-48,57-60H,6-25,29-32,49-56H2,1-5H3. The number of fused-ring (bicyclic) bond motifs is 7. The quantitative estimate of drug-likeness (QED) is 0.0359. The summed E-state index contributed by atoms with van der Waals surface area (Å²) in [6, 6.07) is 54.3. The van der Waals surface area contributed by atoms with Crippen LogP contribution in [0.25, 0.3) is 77.8 Å². The monoisotopic (exact) mass is 1180 g/mol. The molecule has 6 heteroatoms. The topological polar surface area (TPSA) is 53.5 Å². The average Bonchev–Trinajstić information content (AvgIpc) is 1.69. The molecule has 0 atom stereocenters. The Morgan fingerprint density at radius 3 is 1.06 bits per heavy atom. The van der Waals surface area contributed by atoms with Crippen molar-refractivity contribution in [3.63, 3.8) is 0 Å². The number of ether oxygens (including phenoxy) is 3. The van der Waals surface area contributed by atoms with Gasteiger partial charge in [0.05, 0.1) is 31.5 Å². The maximum absolute atomic E-state index is 6.11. The minimum absolute atomic E-state index is 0.0552. The zero-order chi connectivity index (χ0) is 60.1. The fraction of sp³-hybridized carbons (Fsp3) is 0.481. The van der Waals surface area contributed by atoms with Gasteiger partial charge in [0.1, 0.15) is 23.4 Å². The van der Waals surface area contributed by atoms with Gasteiger partial charge in [-0.25, -0.2) is 0 Å². The highest BCUT2D eigenvalue weighted by Gasteiger charge is 2.44. The van der Waals surface area contributed by atoms with E-state index in [1.807, 2.05) is 0 Å². The molecule has 0 bridgehead atoms. The van der Waals surface area contributed by atoms with Gasteiger partial charge in [-0.15, -0.1) is 0 Å². The van der Waals surface area contributed by atoms with Crippen molar-refractivity contribution in [2.24, 2.45) is 0 Å². The van der Waals surface area contributed by atoms with Gasteiger partial charge in [0.2, 0.25) is 0 Å². The van der Waals surface area contributed by atoms with Crippen LogP contribution >= 0.6 is 11.7 Å². The molecule has 0 amide bonds. The van der Waals surface area contributed by atoms with Crippen molar-refractivity contribution in [2.75, 3.05) is 33.5 Å². The Kier molecular flexibility index (Phi) is 24.0. The highest BCUT2D eigenvalue weighted by atomic mass is 32.1. The molecule has 0 N–H and O–H groups in total. The fourth-order valence-corrected chi connectivity index (χ4v) is 15.6. The van der Waals surface area contributed by atoms with Gasteiger partial charge in [-0.1, -0.05) is 285 Å². The third-order valence-electron chi connectivity index (χ3n) is 19.8. The molecular weight excluding hydrogens is 1080 g/mol. The molecule has 87 heavy (non-hydrogen) atoms. The van der Waals surface area contributed by atoms with Crippen LogP contribution in [0.1, 0.15) is 230 Å². The Balaban J connectivity index is 1.02. The van der Waals surface area contributed by atoms with Crippen LogP contribution in [0.2, 0.25) is 0 Å². The zero-order valence-corrected chi connectivity index (χ0v) is 54.8. The maximum atomic E-state index is 6.11. The lowest BCUT2D eigenvalue weighted by molar-refractivity contribution is 0.0544. The molecule has 1 heterocycles. The highest BCUT2D eigenvalue weighted by molar-refractivity contribution is 7.00. The molecule has 0 aliphatic heterocycles. The second-order valence-electron chi connectivity index (χ2n) is 25.7. The lowest BCUT2D eigenvalue weighted by atomic mass is 9.69. The van der Waals surface area contributed by atoms with Crippen molar-refractivity contribution >= 4 is 22.8 Å². The van der Waals surface area contributed by atoms with E-state index in [-0.39, 0.29) is 10.8 Å². The third kappa shape index (κ3) is 15.2. The summed E-state index contributed by atoms with van der Waals surface area (Å²) >= 11 is 1.37. The molecule has 460 valence electrons. The van der Waals surface area contributed by atoms with Crippen LogP contribution in [-0.2, 0) is 20.3 Å². The summed E-state index contributed by atoms with van der Waals surface area (Å²) in [4.78, 5) is 0. The first-order chi connectivity index (χ1) is 43.0. The van der Waals surface area contributed by atoms with E-state index in [4.69, 9.17) is 23.0 Å². The first-order valence-electron chi connectivity index (χ1n) is 34.7. The van der Waals surface area contributed by atoms with E-state index >= 15 is 0 Å². The van der Waals surface area contributed by atoms with E-state index in [0.717, 1.165) is 29.6 Å². The molecule has 8 aromatic rings. The summed E-state index contributed by atoms with van der Waals surface area (Å²) < 4.78 is 27.4. The van der Waals surface area contributed by atoms with E-state index in [2.05, 4.69) is 167 Å². The minimum atomic E-state index is -0.0984. The van der Waals surface area contributed by atoms with Crippen molar-refractivity contribution in [2.45, 2.75) is 218 Å². The molecule has 0 saturated heterocycles. The number of aromatic nitrogens is 2. The van der Waals surface area contributed by atoms with Crippen molar-refractivity contribution in [1.29, 1.82) is 0 Å². The van der Waals surface area contributed by atoms with Crippen LogP contribution in [0.4, 0.5) is 0 Å². The Bertz CT molecular complexity index is 3360. The van der Waals surface area contributed by atoms with E-state index in [9.17, 15) is 0 Å². The molecule has 5 nitrogen and oxygen atoms in total. The Hall–Kier alpha value is -5.92. The average molecular weight is 1180 g/mol. The van der Waals surface area contributed by atoms with Gasteiger partial charge < -0.3 is 14.2 Å². The molecule has 2 aliphatic rings. The number of hydrogen-bond donors (Lipinski definition) is 0. The first-order valence-corrected chi connectivity index (χ1v) is 35.4. The fourth-order valence-electron chi connectivity index (χ4n) is 15.0. The number of unbranched alkanes of at least 4 members (excludes halogenated alkanes) is 20. The van der Waals surface area contributed by atoms with E-state index in [1.165, 1.54) is 262 Å². The van der Waals surface area contributed by atoms with Gasteiger partial charge in [0, 0.05) is 29.1 Å². The van der Waals surface area contributed by atoms with Crippen LogP contribution in [0, 0.1) is 0 Å². The van der Waals surface area contributed by atoms with Crippen LogP contribution in [0.3, 0.4) is 0 Å². The van der Waals surface area contributed by atoms with E-state index in [1.54, 1.807) is 12.7 Å². The zero-order valence-electron chi connectivity index (χ0n) is 53.9. The van der Waals surface area contributed by atoms with Crippen molar-refractivity contribution in [3.8, 4) is 72.5 Å². The number of methoxy groups -OCH3 is 1. The summed E-state index contributed by atoms with van der Waals surface area (Å²) in [5, 5.41) is 0. The summed E-state index contributed by atoms with van der Waals surface area (Å²) in [5.74, 6) is 0.865. The predicted molar refractivity (Wildman–Crippen MR) is 372 cm³/mol. The van der Waals surface area contributed by atoms with Crippen molar-refractivity contribution in [3.05, 3.63) is 162 Å². The lowest BCUT2D eigenvalue weighted by Gasteiger charge is -2.33. The van der Waals surface area contributed by atoms with Gasteiger partial charge in [-0.2, -0.15) is 8.75 Å². The first kappa shape index (κ1) is 64.1. The molecule has 2 aliphatic carbocycles. The molecule has 0 saturated carbocycles. The smallest absolute Gasteiger partial charge is 0.119 e. The maximum Gasteiger partial charge on any atom is 0.119 e. The Morgan fingerprint density at radius 2 is 0.655 bits per heavy atom. The Morgan fingerprint density at radius 1 is 0.322 bits per heavy atom. The summed E-state index contributed by atoms with van der Waals surface area (Å²) in [5.41, 5.74) is 23.6. The molecule has 0 fully saturated rings. The predicted octanol–water partition coefficient (Wildman–Crippen LogP) is 23.9. The van der Waals surface area contributed by atoms with Crippen LogP contribution in [0.5, 0.6) is 5.75 Å². The molecular formula is C81H102N2O3S. The highest BCUT2D eigenvalue weighted by Crippen LogP contribution is 2.58. The minimum Gasteiger partial charge on any atom is -0.491 e. The van der Waals surface area contributed by atoms with Crippen LogP contribution in [-0.4, -0.2) is 42.3 Å². The van der Waals surface area contributed by atoms with Crippen LogP contribution in [0.15, 0.2) is 140 Å². The largest absolute Gasteiger partial charge is 0.491 e. The van der Waals surface area contributed by atoms with E-state index in [0.29, 0.717) is 26.4 Å². The summed E-state index contributed by atoms with van der Waals surface area (Å²) in [6.07, 6.45) is 35.7. The van der Waals surface area contributed by atoms with E-state index < -0.39 is 0 Å². The van der Waals surface area contributed by atoms with Gasteiger partial charge in [-0.3, -0.25) is 0 Å². The summed E-state index contributed by atoms with van der Waals surface area (Å²) in [6.45, 7) is 11.5. The normalized spacial score (nSPS) is 13.5. The van der Waals surface area contributed by atoms with Gasteiger partial charge in [-0.05, 0) is 140 Å². The second kappa shape index (κ2) is 32.5. The Labute approximate surface area is 528 Å². The molecule has 0 radical (unpaired) electrons. The molecule has 1 aromatic heterocycles. The van der Waals surface area contributed by atoms with Gasteiger partial charge in [0.15, 0.2) is 0 Å². The SMILES string of the molecule is CCCCCCCCC1(CCCCCCCC)c2cc(-c3ccccc3)ccc2-c2ccc(-c3ccc(-c4ccc5c(c4)C(CCCCCCCC)(CCCCCCCC)c4cc(-c6ccc(OCCOCCOC)cc6)ccc4-5)c4nsnc34)cc21. The molecule has 0 unspecified atom stereocenters. The number of hydrogen-bond acceptors (Lipinski definition) is 6. The van der Waals surface area contributed by atoms with Gasteiger partial charge in [0.25, 0.3) is 0 Å². The second-order valence-corrected chi connectivity index (χ2v) is 26.3. The van der Waals surface area contributed by atoms with Crippen LogP contribution < -0.4 is 4.74 Å². The number of nitrogens with zero attached hydrogens (tertiary/aromatic N) is 2. The molecule has 10 rings (SSSR count). The van der Waals surface area contributed by atoms with Crippen molar-refractivity contribution in [1.82, 2.24) is 8.75 Å². The lowest BCUT2D eigenvalue weighted by Crippen LogP contribution is -2.25. The number of benzene rings is 7. The van der Waals surface area contributed by atoms with Gasteiger partial charge >= 0.3 is 0 Å².